The second-order valence-electron chi connectivity index (χ2n) is 3.83. The average Bonchev–Trinajstić information content (AvgIpc) is 2.17. The third-order valence-corrected chi connectivity index (χ3v) is 2.35. The molecule has 0 aromatic heterocycles. The van der Waals surface area contributed by atoms with E-state index in [4.69, 9.17) is 0 Å². The average molecular weight is 198 g/mol. The Bertz CT molecular complexity index is 267. The second kappa shape index (κ2) is 7.85. The molecule has 0 saturated carbocycles. The molecule has 0 aliphatic rings. The van der Waals surface area contributed by atoms with Gasteiger partial charge in [0.2, 0.25) is 0 Å². The van der Waals surface area contributed by atoms with Crippen molar-refractivity contribution in [3.05, 3.63) is 29.8 Å². The molecule has 1 aromatic rings. The maximum absolute atomic E-state index is 2.47. The molecule has 0 unspecified atom stereocenters. The molecule has 78 valence electrons. The van der Waals surface area contributed by atoms with E-state index >= 15 is 0 Å². The molecule has 0 aliphatic heterocycles. The predicted molar refractivity (Wildman–Crippen MR) is 64.0 cm³/mol. The van der Waals surface area contributed by atoms with Crippen molar-refractivity contribution in [3.8, 4) is 0 Å². The van der Waals surface area contributed by atoms with Gasteiger partial charge in [-0.25, -0.2) is 0 Å². The van der Waals surface area contributed by atoms with Crippen LogP contribution in [0.3, 0.4) is 0 Å². The van der Waals surface area contributed by atoms with Crippen LogP contribution in [0.4, 0.5) is 5.69 Å². The van der Waals surface area contributed by atoms with E-state index in [1.54, 1.807) is 0 Å². The third-order valence-electron chi connectivity index (χ3n) is 2.35. The molecule has 1 aromatic carbocycles. The van der Waals surface area contributed by atoms with Gasteiger partial charge in [-0.1, -0.05) is 26.0 Å². The van der Waals surface area contributed by atoms with E-state index in [0.717, 1.165) is 13.1 Å². The van der Waals surface area contributed by atoms with E-state index in [9.17, 15) is 0 Å². The van der Waals surface area contributed by atoms with E-state index in [1.807, 2.05) is 0 Å². The molecule has 0 heterocycles. The minimum atomic E-state index is 0. The van der Waals surface area contributed by atoms with Gasteiger partial charge in [0.25, 0.3) is 0 Å². The maximum atomic E-state index is 2.47. The summed E-state index contributed by atoms with van der Waals surface area (Å²) in [4.78, 5) is 2.47. The van der Waals surface area contributed by atoms with Crippen molar-refractivity contribution in [2.75, 3.05) is 18.0 Å². The number of rotatable bonds is 5. The Morgan fingerprint density at radius 2 is 1.67 bits per heavy atom. The summed E-state index contributed by atoms with van der Waals surface area (Å²) < 4.78 is 0. The standard InChI is InChI=1S/C13H21N.Li/c1-4-9-14(10-5-2)13-8-6-7-12(3)11-13;/h6-8,11H,4-5,9-10H2,1-3H3;/q;+1. The van der Waals surface area contributed by atoms with Gasteiger partial charge in [0.1, 0.15) is 0 Å². The van der Waals surface area contributed by atoms with Crippen molar-refractivity contribution in [2.24, 2.45) is 0 Å². The fourth-order valence-corrected chi connectivity index (χ4v) is 1.73. The Labute approximate surface area is 106 Å². The van der Waals surface area contributed by atoms with Crippen molar-refractivity contribution in [1.29, 1.82) is 0 Å². The van der Waals surface area contributed by atoms with Crippen molar-refractivity contribution in [3.63, 3.8) is 0 Å². The summed E-state index contributed by atoms with van der Waals surface area (Å²) in [5, 5.41) is 0. The van der Waals surface area contributed by atoms with Gasteiger partial charge in [-0.3, -0.25) is 0 Å². The molecule has 0 amide bonds. The van der Waals surface area contributed by atoms with Crippen molar-refractivity contribution < 1.29 is 18.9 Å². The minimum absolute atomic E-state index is 0. The number of nitrogens with zero attached hydrogens (tertiary/aromatic N) is 1. The number of hydrogen-bond donors (Lipinski definition) is 0. The van der Waals surface area contributed by atoms with Gasteiger partial charge in [0.15, 0.2) is 0 Å². The fraction of sp³-hybridized carbons (Fsp3) is 0.538. The Morgan fingerprint density at radius 3 is 2.13 bits per heavy atom. The van der Waals surface area contributed by atoms with Crippen LogP contribution in [0.5, 0.6) is 0 Å². The van der Waals surface area contributed by atoms with Gasteiger partial charge < -0.3 is 4.90 Å². The molecule has 15 heavy (non-hydrogen) atoms. The SMILES string of the molecule is CCCN(CCC)c1cccc(C)c1.[Li+]. The Morgan fingerprint density at radius 1 is 1.07 bits per heavy atom. The van der Waals surface area contributed by atoms with E-state index in [0.29, 0.717) is 0 Å². The number of hydrogen-bond acceptors (Lipinski definition) is 1. The van der Waals surface area contributed by atoms with Gasteiger partial charge >= 0.3 is 18.9 Å². The van der Waals surface area contributed by atoms with Crippen molar-refractivity contribution in [2.45, 2.75) is 33.6 Å². The zero-order valence-corrected chi connectivity index (χ0v) is 10.6. The van der Waals surface area contributed by atoms with E-state index in [-0.39, 0.29) is 18.9 Å². The van der Waals surface area contributed by atoms with Crippen LogP contribution in [-0.4, -0.2) is 13.1 Å². The second-order valence-corrected chi connectivity index (χ2v) is 3.83. The summed E-state index contributed by atoms with van der Waals surface area (Å²) in [6.45, 7) is 8.95. The smallest absolute Gasteiger partial charge is 0.372 e. The van der Waals surface area contributed by atoms with Crippen LogP contribution in [0, 0.1) is 6.92 Å². The van der Waals surface area contributed by atoms with Gasteiger partial charge in [0, 0.05) is 18.8 Å². The molecule has 0 spiro atoms. The van der Waals surface area contributed by atoms with E-state index < -0.39 is 0 Å². The van der Waals surface area contributed by atoms with E-state index in [1.165, 1.54) is 24.1 Å². The van der Waals surface area contributed by atoms with Crippen molar-refractivity contribution in [1.82, 2.24) is 0 Å². The number of aryl methyl sites for hydroxylation is 1. The monoisotopic (exact) mass is 198 g/mol. The molecule has 1 rings (SSSR count). The van der Waals surface area contributed by atoms with Crippen LogP contribution in [0.2, 0.25) is 0 Å². The molecular formula is C13H21LiN+. The first-order valence-corrected chi connectivity index (χ1v) is 5.59. The summed E-state index contributed by atoms with van der Waals surface area (Å²) >= 11 is 0. The quantitative estimate of drug-likeness (QED) is 0.627. The molecule has 2 heteroatoms. The zero-order valence-electron chi connectivity index (χ0n) is 10.6. The van der Waals surface area contributed by atoms with E-state index in [2.05, 4.69) is 49.9 Å². The predicted octanol–water partition coefficient (Wildman–Crippen LogP) is 0.625. The van der Waals surface area contributed by atoms with Gasteiger partial charge in [-0.05, 0) is 37.5 Å². The van der Waals surface area contributed by atoms with Crippen molar-refractivity contribution >= 4 is 5.69 Å². The van der Waals surface area contributed by atoms with Crippen LogP contribution in [0.25, 0.3) is 0 Å². The normalized spacial score (nSPS) is 9.53. The summed E-state index contributed by atoms with van der Waals surface area (Å²) in [6.07, 6.45) is 2.43. The number of benzene rings is 1. The first-order valence-electron chi connectivity index (χ1n) is 5.59. The summed E-state index contributed by atoms with van der Waals surface area (Å²) in [6, 6.07) is 8.77. The zero-order chi connectivity index (χ0) is 10.4. The van der Waals surface area contributed by atoms with Gasteiger partial charge in [-0.15, -0.1) is 0 Å². The Balaban J connectivity index is 0.00000196. The molecule has 0 bridgehead atoms. The van der Waals surface area contributed by atoms with Gasteiger partial charge in [-0.2, -0.15) is 0 Å². The topological polar surface area (TPSA) is 3.24 Å². The fourth-order valence-electron chi connectivity index (χ4n) is 1.73. The maximum Gasteiger partial charge on any atom is 1.00 e. The molecule has 1 nitrogen and oxygen atoms in total. The molecule has 0 saturated heterocycles. The molecule has 0 atom stereocenters. The largest absolute Gasteiger partial charge is 1.00 e. The third kappa shape index (κ3) is 4.78. The number of anilines is 1. The Hall–Kier alpha value is -0.383. The van der Waals surface area contributed by atoms with Crippen LogP contribution in [0.1, 0.15) is 32.3 Å². The minimum Gasteiger partial charge on any atom is -0.372 e. The Kier molecular flexibility index (Phi) is 7.65. The summed E-state index contributed by atoms with van der Waals surface area (Å²) in [5.74, 6) is 0. The van der Waals surface area contributed by atoms with Crippen LogP contribution < -0.4 is 23.8 Å². The molecule has 0 radical (unpaired) electrons. The molecular weight excluding hydrogens is 177 g/mol. The first kappa shape index (κ1) is 14.6. The molecule has 0 N–H and O–H groups in total. The first-order chi connectivity index (χ1) is 6.77. The van der Waals surface area contributed by atoms with Gasteiger partial charge in [0.05, 0.1) is 0 Å². The summed E-state index contributed by atoms with van der Waals surface area (Å²) in [5.41, 5.74) is 2.72. The van der Waals surface area contributed by atoms with Crippen LogP contribution in [-0.2, 0) is 0 Å². The van der Waals surface area contributed by atoms with Crippen LogP contribution >= 0.6 is 0 Å². The summed E-state index contributed by atoms with van der Waals surface area (Å²) in [7, 11) is 0. The molecule has 0 fully saturated rings. The molecule has 0 aliphatic carbocycles. The van der Waals surface area contributed by atoms with Crippen LogP contribution in [0.15, 0.2) is 24.3 Å².